The van der Waals surface area contributed by atoms with Gasteiger partial charge in [-0.3, -0.25) is 4.79 Å². The van der Waals surface area contributed by atoms with Crippen molar-refractivity contribution in [3.05, 3.63) is 0 Å². The zero-order chi connectivity index (χ0) is 19.8. The number of esters is 1. The number of hydrogen-bond acceptors (Lipinski definition) is 3. The summed E-state index contributed by atoms with van der Waals surface area (Å²) in [6.07, 6.45) is 17.6. The number of ether oxygens (including phenoxy) is 1. The van der Waals surface area contributed by atoms with Gasteiger partial charge in [0.1, 0.15) is 5.60 Å². The Kier molecular flexibility index (Phi) is 13.9. The molecule has 160 valence electrons. The first-order chi connectivity index (χ1) is 13.1. The second-order valence-corrected chi connectivity index (χ2v) is 8.93. The lowest BCUT2D eigenvalue weighted by atomic mass is 9.83. The Labute approximate surface area is 167 Å². The van der Waals surface area contributed by atoms with Gasteiger partial charge in [-0.25, -0.2) is 0 Å². The maximum atomic E-state index is 12.2. The molecule has 3 N–H and O–H groups in total. The van der Waals surface area contributed by atoms with Crippen molar-refractivity contribution in [1.29, 1.82) is 0 Å². The number of quaternary nitrogens is 1. The minimum absolute atomic E-state index is 0.00393. The summed E-state index contributed by atoms with van der Waals surface area (Å²) < 4.78 is 5.82. The van der Waals surface area contributed by atoms with Crippen molar-refractivity contribution >= 4 is 5.97 Å². The van der Waals surface area contributed by atoms with E-state index < -0.39 is 0 Å². The van der Waals surface area contributed by atoms with Crippen LogP contribution in [-0.4, -0.2) is 36.4 Å². The summed E-state index contributed by atoms with van der Waals surface area (Å²) in [5, 5.41) is 11.1. The van der Waals surface area contributed by atoms with Crippen LogP contribution in [0.3, 0.4) is 0 Å². The summed E-state index contributed by atoms with van der Waals surface area (Å²) in [6.45, 7) is 6.85. The van der Waals surface area contributed by atoms with Gasteiger partial charge in [-0.15, -0.1) is 0 Å². The number of aliphatic hydroxyl groups is 1. The summed E-state index contributed by atoms with van der Waals surface area (Å²) in [5.41, 5.74) is -0.302. The van der Waals surface area contributed by atoms with E-state index in [1.54, 1.807) is 0 Å². The van der Waals surface area contributed by atoms with Gasteiger partial charge in [0, 0.05) is 31.8 Å². The molecular weight excluding hydrogens is 338 g/mol. The monoisotopic (exact) mass is 384 g/mol. The molecule has 1 aliphatic heterocycles. The standard InChI is InChI=1S/C23H45NO3/c1-23(2,21-16-18-24-19-17-21)27-22(26)15-13-11-9-7-5-3-4-6-8-10-12-14-20-25/h21,24-25H,3-20H2,1-2H3/p+1. The molecular formula is C23H46NO3+. The molecule has 1 rings (SSSR count). The van der Waals surface area contributed by atoms with Crippen LogP contribution in [0.5, 0.6) is 0 Å². The van der Waals surface area contributed by atoms with E-state index in [4.69, 9.17) is 9.84 Å². The predicted octanol–water partition coefficient (Wildman–Crippen LogP) is 4.35. The van der Waals surface area contributed by atoms with Gasteiger partial charge in [0.2, 0.25) is 0 Å². The van der Waals surface area contributed by atoms with Crippen LogP contribution in [0.1, 0.15) is 110 Å². The Hall–Kier alpha value is -0.610. The van der Waals surface area contributed by atoms with E-state index in [1.807, 2.05) is 0 Å². The first-order valence-electron chi connectivity index (χ1n) is 11.7. The quantitative estimate of drug-likeness (QED) is 0.307. The molecule has 0 aromatic heterocycles. The minimum atomic E-state index is -0.302. The first kappa shape index (κ1) is 24.4. The SMILES string of the molecule is CC(C)(OC(=O)CCCCCCCCCCCCCCO)C1CC[NH2+]CC1. The molecule has 4 nitrogen and oxygen atoms in total. The molecule has 0 bridgehead atoms. The maximum absolute atomic E-state index is 12.2. The molecule has 0 aromatic rings. The number of hydrogen-bond donors (Lipinski definition) is 2. The van der Waals surface area contributed by atoms with Gasteiger partial charge in [0.05, 0.1) is 13.1 Å². The average Bonchev–Trinajstić information content (AvgIpc) is 2.66. The normalized spacial score (nSPS) is 15.8. The molecule has 0 aromatic carbocycles. The predicted molar refractivity (Wildman–Crippen MR) is 112 cm³/mol. The Morgan fingerprint density at radius 1 is 0.852 bits per heavy atom. The van der Waals surface area contributed by atoms with Crippen LogP contribution in [0.2, 0.25) is 0 Å². The molecule has 0 unspecified atom stereocenters. The van der Waals surface area contributed by atoms with Crippen LogP contribution in [0.25, 0.3) is 0 Å². The minimum Gasteiger partial charge on any atom is -0.459 e. The molecule has 0 amide bonds. The first-order valence-corrected chi connectivity index (χ1v) is 11.7. The fourth-order valence-electron chi connectivity index (χ4n) is 4.20. The van der Waals surface area contributed by atoms with Crippen molar-refractivity contribution in [2.45, 2.75) is 116 Å². The summed E-state index contributed by atoms with van der Waals surface area (Å²) in [5.74, 6) is 0.511. The van der Waals surface area contributed by atoms with Crippen LogP contribution in [-0.2, 0) is 9.53 Å². The molecule has 1 saturated heterocycles. The molecule has 1 aliphatic rings. The molecule has 0 radical (unpaired) electrons. The van der Waals surface area contributed by atoms with E-state index >= 15 is 0 Å². The fraction of sp³-hybridized carbons (Fsp3) is 0.957. The molecule has 0 saturated carbocycles. The number of piperidine rings is 1. The third-order valence-electron chi connectivity index (χ3n) is 6.09. The van der Waals surface area contributed by atoms with Gasteiger partial charge < -0.3 is 15.2 Å². The molecule has 0 aliphatic carbocycles. The topological polar surface area (TPSA) is 63.1 Å². The van der Waals surface area contributed by atoms with Gasteiger partial charge in [-0.05, 0) is 26.7 Å². The van der Waals surface area contributed by atoms with Crippen molar-refractivity contribution in [1.82, 2.24) is 0 Å². The van der Waals surface area contributed by atoms with Gasteiger partial charge in [0.25, 0.3) is 0 Å². The van der Waals surface area contributed by atoms with E-state index in [-0.39, 0.29) is 11.6 Å². The number of unbranched alkanes of at least 4 members (excludes halogenated alkanes) is 11. The Balaban J connectivity index is 1.90. The van der Waals surface area contributed by atoms with E-state index in [0.29, 0.717) is 18.9 Å². The van der Waals surface area contributed by atoms with Crippen LogP contribution in [0.15, 0.2) is 0 Å². The summed E-state index contributed by atoms with van der Waals surface area (Å²) in [7, 11) is 0. The zero-order valence-corrected chi connectivity index (χ0v) is 18.1. The smallest absolute Gasteiger partial charge is 0.306 e. The highest BCUT2D eigenvalue weighted by Crippen LogP contribution is 2.28. The van der Waals surface area contributed by atoms with E-state index in [0.717, 1.165) is 45.2 Å². The Morgan fingerprint density at radius 2 is 1.30 bits per heavy atom. The van der Waals surface area contributed by atoms with Gasteiger partial charge in [0.15, 0.2) is 0 Å². The van der Waals surface area contributed by atoms with Crippen molar-refractivity contribution < 1.29 is 20.0 Å². The Bertz CT molecular complexity index is 365. The van der Waals surface area contributed by atoms with E-state index in [2.05, 4.69) is 19.2 Å². The highest BCUT2D eigenvalue weighted by atomic mass is 16.6. The highest BCUT2D eigenvalue weighted by molar-refractivity contribution is 5.69. The number of carbonyl (C=O) groups is 1. The second-order valence-electron chi connectivity index (χ2n) is 8.93. The largest absolute Gasteiger partial charge is 0.459 e. The third-order valence-corrected chi connectivity index (χ3v) is 6.09. The molecule has 0 spiro atoms. The lowest BCUT2D eigenvalue weighted by molar-refractivity contribution is -0.665. The highest BCUT2D eigenvalue weighted by Gasteiger charge is 2.35. The third kappa shape index (κ3) is 12.5. The molecule has 1 fully saturated rings. The van der Waals surface area contributed by atoms with Gasteiger partial charge >= 0.3 is 5.97 Å². The number of rotatable bonds is 16. The second kappa shape index (κ2) is 15.3. The molecule has 0 atom stereocenters. The maximum Gasteiger partial charge on any atom is 0.306 e. The summed E-state index contributed by atoms with van der Waals surface area (Å²) >= 11 is 0. The average molecular weight is 385 g/mol. The van der Waals surface area contributed by atoms with Crippen LogP contribution >= 0.6 is 0 Å². The van der Waals surface area contributed by atoms with E-state index in [9.17, 15) is 4.79 Å². The van der Waals surface area contributed by atoms with Crippen LogP contribution in [0.4, 0.5) is 0 Å². The van der Waals surface area contributed by atoms with Crippen LogP contribution in [0, 0.1) is 5.92 Å². The number of aliphatic hydroxyl groups excluding tert-OH is 1. The van der Waals surface area contributed by atoms with E-state index in [1.165, 1.54) is 57.8 Å². The molecule has 1 heterocycles. The zero-order valence-electron chi connectivity index (χ0n) is 18.1. The van der Waals surface area contributed by atoms with Crippen molar-refractivity contribution in [2.24, 2.45) is 5.92 Å². The van der Waals surface area contributed by atoms with Crippen LogP contribution < -0.4 is 5.32 Å². The summed E-state index contributed by atoms with van der Waals surface area (Å²) in [4.78, 5) is 12.2. The fourth-order valence-corrected chi connectivity index (χ4v) is 4.20. The molecule has 27 heavy (non-hydrogen) atoms. The van der Waals surface area contributed by atoms with Crippen molar-refractivity contribution in [3.63, 3.8) is 0 Å². The van der Waals surface area contributed by atoms with Crippen molar-refractivity contribution in [2.75, 3.05) is 19.7 Å². The number of carbonyl (C=O) groups excluding carboxylic acids is 1. The van der Waals surface area contributed by atoms with Gasteiger partial charge in [-0.2, -0.15) is 0 Å². The number of nitrogens with two attached hydrogens (primary N) is 1. The Morgan fingerprint density at radius 3 is 1.78 bits per heavy atom. The molecule has 4 heteroatoms. The van der Waals surface area contributed by atoms with Gasteiger partial charge in [-0.1, -0.05) is 64.2 Å². The lowest BCUT2D eigenvalue weighted by Gasteiger charge is -2.35. The lowest BCUT2D eigenvalue weighted by Crippen LogP contribution is -2.86. The summed E-state index contributed by atoms with van der Waals surface area (Å²) in [6, 6.07) is 0. The van der Waals surface area contributed by atoms with Crippen molar-refractivity contribution in [3.8, 4) is 0 Å².